The van der Waals surface area contributed by atoms with Gasteiger partial charge in [-0.2, -0.15) is 0 Å². The van der Waals surface area contributed by atoms with Crippen LogP contribution in [0.25, 0.3) is 11.1 Å². The van der Waals surface area contributed by atoms with Gasteiger partial charge < -0.3 is 5.11 Å². The van der Waals surface area contributed by atoms with Crippen LogP contribution in [0.2, 0.25) is 0 Å². The van der Waals surface area contributed by atoms with E-state index in [-0.39, 0.29) is 23.7 Å². The van der Waals surface area contributed by atoms with Crippen LogP contribution in [0.15, 0.2) is 54.6 Å². The van der Waals surface area contributed by atoms with Gasteiger partial charge in [0.05, 0.1) is 11.3 Å². The summed E-state index contributed by atoms with van der Waals surface area (Å²) in [5, 5.41) is 9.70. The Kier molecular flexibility index (Phi) is 5.83. The first-order valence-corrected chi connectivity index (χ1v) is 9.10. The molecule has 0 bridgehead atoms. The van der Waals surface area contributed by atoms with Crippen molar-refractivity contribution < 1.29 is 18.7 Å². The Morgan fingerprint density at radius 2 is 1.75 bits per heavy atom. The van der Waals surface area contributed by atoms with Crippen LogP contribution in [0, 0.1) is 17.6 Å². The summed E-state index contributed by atoms with van der Waals surface area (Å²) in [5.41, 5.74) is 2.40. The molecule has 0 saturated heterocycles. The molecule has 28 heavy (non-hydrogen) atoms. The van der Waals surface area contributed by atoms with E-state index in [0.717, 1.165) is 0 Å². The van der Waals surface area contributed by atoms with Gasteiger partial charge in [-0.05, 0) is 42.2 Å². The Bertz CT molecular complexity index is 1020. The normalized spacial score (nSPS) is 11.0. The zero-order valence-corrected chi connectivity index (χ0v) is 15.7. The van der Waals surface area contributed by atoms with E-state index < -0.39 is 11.8 Å². The summed E-state index contributed by atoms with van der Waals surface area (Å²) in [6, 6.07) is 13.7. The van der Waals surface area contributed by atoms with E-state index in [1.54, 1.807) is 30.3 Å². The molecule has 1 heterocycles. The molecule has 0 amide bonds. The second-order valence-electron chi connectivity index (χ2n) is 7.17. The number of halogens is 2. The summed E-state index contributed by atoms with van der Waals surface area (Å²) < 4.78 is 27.9. The molecule has 0 spiro atoms. The fourth-order valence-corrected chi connectivity index (χ4v) is 3.21. The number of carboxylic acids is 1. The second-order valence-corrected chi connectivity index (χ2v) is 7.17. The predicted molar refractivity (Wildman–Crippen MR) is 104 cm³/mol. The highest BCUT2D eigenvalue weighted by Crippen LogP contribution is 2.30. The van der Waals surface area contributed by atoms with Crippen LogP contribution in [-0.4, -0.2) is 16.1 Å². The number of aromatic carboxylic acids is 1. The van der Waals surface area contributed by atoms with Crippen LogP contribution >= 0.6 is 0 Å². The molecule has 0 radical (unpaired) electrons. The van der Waals surface area contributed by atoms with Crippen molar-refractivity contribution in [3.63, 3.8) is 0 Å². The number of carbonyl (C=O) groups is 1. The molecule has 0 unspecified atom stereocenters. The Balaban J connectivity index is 2.17. The predicted octanol–water partition coefficient (Wildman–Crippen LogP) is 5.51. The Hall–Kier alpha value is -3.08. The third-order valence-electron chi connectivity index (χ3n) is 4.44. The molecule has 3 nitrogen and oxygen atoms in total. The van der Waals surface area contributed by atoms with Crippen LogP contribution in [0.3, 0.4) is 0 Å². The summed E-state index contributed by atoms with van der Waals surface area (Å²) in [4.78, 5) is 16.5. The van der Waals surface area contributed by atoms with Gasteiger partial charge in [0.15, 0.2) is 0 Å². The molecule has 1 N–H and O–H groups in total. The molecular weight excluding hydrogens is 360 g/mol. The molecule has 2 aromatic carbocycles. The van der Waals surface area contributed by atoms with E-state index in [0.29, 0.717) is 34.5 Å². The number of hydrogen-bond acceptors (Lipinski definition) is 2. The number of benzene rings is 2. The lowest BCUT2D eigenvalue weighted by atomic mass is 9.94. The van der Waals surface area contributed by atoms with Gasteiger partial charge in [0.2, 0.25) is 0 Å². The molecule has 0 saturated carbocycles. The summed E-state index contributed by atoms with van der Waals surface area (Å²) in [6.45, 7) is 4.04. The molecule has 3 aromatic rings. The molecule has 0 fully saturated rings. The highest BCUT2D eigenvalue weighted by atomic mass is 19.1. The summed E-state index contributed by atoms with van der Waals surface area (Å²) >= 11 is 0. The Morgan fingerprint density at radius 3 is 2.39 bits per heavy atom. The Labute approximate surface area is 162 Å². The van der Waals surface area contributed by atoms with Crippen LogP contribution in [0.1, 0.15) is 41.2 Å². The van der Waals surface area contributed by atoms with Gasteiger partial charge >= 0.3 is 5.97 Å². The minimum absolute atomic E-state index is 0.00461. The van der Waals surface area contributed by atoms with Crippen molar-refractivity contribution in [1.29, 1.82) is 0 Å². The minimum atomic E-state index is -1.15. The van der Waals surface area contributed by atoms with E-state index in [1.165, 1.54) is 24.3 Å². The second kappa shape index (κ2) is 8.30. The smallest absolute Gasteiger partial charge is 0.337 e. The fourth-order valence-electron chi connectivity index (χ4n) is 3.21. The van der Waals surface area contributed by atoms with Crippen molar-refractivity contribution in [1.82, 2.24) is 4.98 Å². The average molecular weight is 381 g/mol. The first-order chi connectivity index (χ1) is 13.3. The van der Waals surface area contributed by atoms with Crippen LogP contribution in [0.4, 0.5) is 8.78 Å². The van der Waals surface area contributed by atoms with E-state index in [1.807, 2.05) is 13.8 Å². The number of carboxylic acid groups (broad SMARTS) is 1. The average Bonchev–Trinajstić information content (AvgIpc) is 2.62. The number of rotatable bonds is 6. The number of aromatic nitrogens is 1. The Morgan fingerprint density at radius 1 is 1.00 bits per heavy atom. The topological polar surface area (TPSA) is 50.2 Å². The van der Waals surface area contributed by atoms with Gasteiger partial charge in [0.1, 0.15) is 11.6 Å². The van der Waals surface area contributed by atoms with Gasteiger partial charge in [-0.15, -0.1) is 0 Å². The maximum absolute atomic E-state index is 14.4. The number of hydrogen-bond donors (Lipinski definition) is 1. The van der Waals surface area contributed by atoms with Gasteiger partial charge in [0, 0.05) is 23.2 Å². The van der Waals surface area contributed by atoms with Gasteiger partial charge in [-0.25, -0.2) is 13.6 Å². The zero-order chi connectivity index (χ0) is 20.3. The molecule has 0 atom stereocenters. The SMILES string of the molecule is CC(C)Cc1nc(Cc2cccc(F)c2)c(C(=O)O)cc1-c1ccccc1F. The first kappa shape index (κ1) is 19.7. The van der Waals surface area contributed by atoms with Crippen molar-refractivity contribution in [2.24, 2.45) is 5.92 Å². The molecule has 144 valence electrons. The van der Waals surface area contributed by atoms with E-state index >= 15 is 0 Å². The van der Waals surface area contributed by atoms with Crippen molar-refractivity contribution >= 4 is 5.97 Å². The molecule has 0 aliphatic heterocycles. The molecule has 1 aromatic heterocycles. The summed E-state index contributed by atoms with van der Waals surface area (Å²) in [5.74, 6) is -1.72. The monoisotopic (exact) mass is 381 g/mol. The minimum Gasteiger partial charge on any atom is -0.478 e. The molecule has 5 heteroatoms. The highest BCUT2D eigenvalue weighted by molar-refractivity contribution is 5.91. The fraction of sp³-hybridized carbons (Fsp3) is 0.217. The van der Waals surface area contributed by atoms with Crippen LogP contribution in [0.5, 0.6) is 0 Å². The molecule has 0 aliphatic carbocycles. The third kappa shape index (κ3) is 4.42. The van der Waals surface area contributed by atoms with E-state index in [9.17, 15) is 18.7 Å². The maximum atomic E-state index is 14.4. The quantitative estimate of drug-likeness (QED) is 0.612. The standard InChI is InChI=1S/C23H21F2NO2/c1-14(2)10-21-18(17-8-3-4-9-20(17)25)13-19(23(27)28)22(26-21)12-15-6-5-7-16(24)11-15/h3-9,11,13-14H,10,12H2,1-2H3,(H,27,28). The van der Waals surface area contributed by atoms with Gasteiger partial charge in [0.25, 0.3) is 0 Å². The van der Waals surface area contributed by atoms with Crippen molar-refractivity contribution in [3.05, 3.63) is 88.7 Å². The van der Waals surface area contributed by atoms with Gasteiger partial charge in [-0.3, -0.25) is 4.98 Å². The lowest BCUT2D eigenvalue weighted by Crippen LogP contribution is -2.11. The molecule has 3 rings (SSSR count). The van der Waals surface area contributed by atoms with E-state index in [4.69, 9.17) is 0 Å². The number of pyridine rings is 1. The molecule has 0 aliphatic rings. The lowest BCUT2D eigenvalue weighted by Gasteiger charge is -2.16. The molecular formula is C23H21F2NO2. The van der Waals surface area contributed by atoms with Gasteiger partial charge in [-0.1, -0.05) is 44.2 Å². The largest absolute Gasteiger partial charge is 0.478 e. The highest BCUT2D eigenvalue weighted by Gasteiger charge is 2.20. The number of nitrogens with zero attached hydrogens (tertiary/aromatic N) is 1. The zero-order valence-electron chi connectivity index (χ0n) is 15.7. The van der Waals surface area contributed by atoms with E-state index in [2.05, 4.69) is 4.98 Å². The van der Waals surface area contributed by atoms with Crippen molar-refractivity contribution in [2.75, 3.05) is 0 Å². The lowest BCUT2D eigenvalue weighted by molar-refractivity contribution is 0.0695. The van der Waals surface area contributed by atoms with Crippen LogP contribution < -0.4 is 0 Å². The summed E-state index contributed by atoms with van der Waals surface area (Å²) in [7, 11) is 0. The maximum Gasteiger partial charge on any atom is 0.337 e. The van der Waals surface area contributed by atoms with Crippen LogP contribution in [-0.2, 0) is 12.8 Å². The third-order valence-corrected chi connectivity index (χ3v) is 4.44. The van der Waals surface area contributed by atoms with Crippen molar-refractivity contribution in [2.45, 2.75) is 26.7 Å². The first-order valence-electron chi connectivity index (χ1n) is 9.10. The summed E-state index contributed by atoms with van der Waals surface area (Å²) in [6.07, 6.45) is 0.752. The van der Waals surface area contributed by atoms with Crippen molar-refractivity contribution in [3.8, 4) is 11.1 Å².